The van der Waals surface area contributed by atoms with Gasteiger partial charge in [-0.2, -0.15) is 4.31 Å². The van der Waals surface area contributed by atoms with Gasteiger partial charge in [-0.05, 0) is 54.7 Å². The van der Waals surface area contributed by atoms with Crippen molar-refractivity contribution in [2.24, 2.45) is 7.05 Å². The third-order valence-corrected chi connectivity index (χ3v) is 8.47. The minimum atomic E-state index is -3.65. The summed E-state index contributed by atoms with van der Waals surface area (Å²) in [6, 6.07) is 12.8. The van der Waals surface area contributed by atoms with Gasteiger partial charge in [-0.1, -0.05) is 31.4 Å². The van der Waals surface area contributed by atoms with Crippen LogP contribution >= 0.6 is 0 Å². The molecule has 7 nitrogen and oxygen atoms in total. The van der Waals surface area contributed by atoms with E-state index in [1.54, 1.807) is 45.4 Å². The number of amides is 1. The lowest BCUT2D eigenvalue weighted by Crippen LogP contribution is -2.27. The van der Waals surface area contributed by atoms with Crippen LogP contribution in [0, 0.1) is 0 Å². The van der Waals surface area contributed by atoms with E-state index in [1.807, 2.05) is 29.8 Å². The molecule has 0 bridgehead atoms. The summed E-state index contributed by atoms with van der Waals surface area (Å²) in [6.07, 6.45) is 6.15. The van der Waals surface area contributed by atoms with Crippen LogP contribution in [-0.4, -0.2) is 54.2 Å². The first kappa shape index (κ1) is 23.4. The molecule has 1 aliphatic carbocycles. The zero-order valence-corrected chi connectivity index (χ0v) is 20.6. The third-order valence-electron chi connectivity index (χ3n) is 6.66. The molecule has 0 unspecified atom stereocenters. The Labute approximate surface area is 196 Å². The molecule has 0 aliphatic heterocycles. The average molecular weight is 469 g/mol. The molecule has 2 aromatic carbocycles. The summed E-state index contributed by atoms with van der Waals surface area (Å²) in [7, 11) is 3.19. The molecule has 4 rings (SSSR count). The van der Waals surface area contributed by atoms with Crippen LogP contribution in [0.5, 0.6) is 0 Å². The Morgan fingerprint density at radius 3 is 2.33 bits per heavy atom. The number of imidazole rings is 1. The van der Waals surface area contributed by atoms with Gasteiger partial charge in [0.25, 0.3) is 5.91 Å². The van der Waals surface area contributed by atoms with E-state index in [-0.39, 0.29) is 12.5 Å². The van der Waals surface area contributed by atoms with Crippen molar-refractivity contribution in [3.05, 3.63) is 59.4 Å². The van der Waals surface area contributed by atoms with Crippen LogP contribution < -0.4 is 0 Å². The predicted molar refractivity (Wildman–Crippen MR) is 130 cm³/mol. The molecule has 8 heteroatoms. The van der Waals surface area contributed by atoms with Crippen molar-refractivity contribution in [1.29, 1.82) is 0 Å². The minimum Gasteiger partial charge on any atom is -0.345 e. The first-order chi connectivity index (χ1) is 15.7. The molecule has 0 N–H and O–H groups in total. The van der Waals surface area contributed by atoms with Crippen molar-refractivity contribution >= 4 is 27.0 Å². The molecule has 0 saturated heterocycles. The van der Waals surface area contributed by atoms with E-state index in [9.17, 15) is 13.2 Å². The highest BCUT2D eigenvalue weighted by atomic mass is 32.2. The molecule has 0 spiro atoms. The lowest BCUT2D eigenvalue weighted by molar-refractivity contribution is 0.0827. The van der Waals surface area contributed by atoms with Gasteiger partial charge < -0.3 is 9.47 Å². The smallest absolute Gasteiger partial charge is 0.253 e. The maximum absolute atomic E-state index is 13.2. The normalized spacial score (nSPS) is 15.3. The molecule has 1 fully saturated rings. The highest BCUT2D eigenvalue weighted by Crippen LogP contribution is 2.33. The van der Waals surface area contributed by atoms with Crippen LogP contribution in [0.2, 0.25) is 0 Å². The van der Waals surface area contributed by atoms with Gasteiger partial charge in [0.05, 0.1) is 22.5 Å². The number of hydrogen-bond donors (Lipinski definition) is 0. The molecule has 0 radical (unpaired) electrons. The van der Waals surface area contributed by atoms with Crippen molar-refractivity contribution in [3.63, 3.8) is 0 Å². The minimum absolute atomic E-state index is 0.0968. The third kappa shape index (κ3) is 4.68. The van der Waals surface area contributed by atoms with Gasteiger partial charge in [0, 0.05) is 33.8 Å². The van der Waals surface area contributed by atoms with Crippen LogP contribution in [0.25, 0.3) is 11.0 Å². The summed E-state index contributed by atoms with van der Waals surface area (Å²) in [5.41, 5.74) is 3.30. The SMILES string of the molecule is CN(C)C(=O)c1ccc2c(c1)nc(CN(C)S(=O)(=O)c1ccc(C3CCCCC3)cc1)n2C. The molecule has 1 amide bonds. The first-order valence-electron chi connectivity index (χ1n) is 11.4. The summed E-state index contributed by atoms with van der Waals surface area (Å²) < 4.78 is 29.6. The molecule has 176 valence electrons. The Hall–Kier alpha value is -2.71. The van der Waals surface area contributed by atoms with Gasteiger partial charge in [0.2, 0.25) is 10.0 Å². The summed E-state index contributed by atoms with van der Waals surface area (Å²) in [5, 5.41) is 0. The molecule has 3 aromatic rings. The Morgan fingerprint density at radius 2 is 1.70 bits per heavy atom. The quantitative estimate of drug-likeness (QED) is 0.545. The highest BCUT2D eigenvalue weighted by molar-refractivity contribution is 7.89. The second-order valence-corrected chi connectivity index (χ2v) is 11.2. The van der Waals surface area contributed by atoms with Crippen molar-refractivity contribution in [1.82, 2.24) is 18.8 Å². The lowest BCUT2D eigenvalue weighted by atomic mass is 9.84. The second kappa shape index (κ2) is 9.27. The molecule has 1 aliphatic rings. The van der Waals surface area contributed by atoms with Crippen LogP contribution in [0.3, 0.4) is 0 Å². The Kier molecular flexibility index (Phi) is 6.59. The summed E-state index contributed by atoms with van der Waals surface area (Å²) in [5.74, 6) is 1.06. The van der Waals surface area contributed by atoms with Gasteiger partial charge in [-0.3, -0.25) is 4.79 Å². The fraction of sp³-hybridized carbons (Fsp3) is 0.440. The van der Waals surface area contributed by atoms with Crippen molar-refractivity contribution in [2.45, 2.75) is 49.5 Å². The van der Waals surface area contributed by atoms with E-state index < -0.39 is 10.0 Å². The van der Waals surface area contributed by atoms with E-state index in [2.05, 4.69) is 4.98 Å². The van der Waals surface area contributed by atoms with Gasteiger partial charge >= 0.3 is 0 Å². The average Bonchev–Trinajstić information content (AvgIpc) is 3.13. The van der Waals surface area contributed by atoms with E-state index >= 15 is 0 Å². The van der Waals surface area contributed by atoms with Gasteiger partial charge in [-0.25, -0.2) is 13.4 Å². The standard InChI is InChI=1S/C25H32N4O3S/c1-27(2)25(30)20-12-15-23-22(16-20)26-24(29(23)4)17-28(3)33(31,32)21-13-10-19(11-14-21)18-8-6-5-7-9-18/h10-16,18H,5-9,17H2,1-4H3. The Balaban J connectivity index is 1.54. The maximum atomic E-state index is 13.2. The monoisotopic (exact) mass is 468 g/mol. The van der Waals surface area contributed by atoms with Crippen molar-refractivity contribution in [2.75, 3.05) is 21.1 Å². The summed E-state index contributed by atoms with van der Waals surface area (Å²) >= 11 is 0. The molecule has 1 heterocycles. The number of rotatable bonds is 6. The Morgan fingerprint density at radius 1 is 1.03 bits per heavy atom. The fourth-order valence-electron chi connectivity index (χ4n) is 4.59. The van der Waals surface area contributed by atoms with Crippen LogP contribution in [0.15, 0.2) is 47.4 Å². The molecule has 1 saturated carbocycles. The maximum Gasteiger partial charge on any atom is 0.253 e. The number of nitrogens with zero attached hydrogens (tertiary/aromatic N) is 4. The van der Waals surface area contributed by atoms with Crippen LogP contribution in [-0.2, 0) is 23.6 Å². The van der Waals surface area contributed by atoms with E-state index in [0.29, 0.717) is 27.7 Å². The van der Waals surface area contributed by atoms with E-state index in [4.69, 9.17) is 0 Å². The number of sulfonamides is 1. The van der Waals surface area contributed by atoms with Gasteiger partial charge in [0.1, 0.15) is 5.82 Å². The lowest BCUT2D eigenvalue weighted by Gasteiger charge is -2.22. The number of fused-ring (bicyclic) bond motifs is 1. The van der Waals surface area contributed by atoms with Crippen molar-refractivity contribution in [3.8, 4) is 0 Å². The number of aromatic nitrogens is 2. The molecular formula is C25H32N4O3S. The highest BCUT2D eigenvalue weighted by Gasteiger charge is 2.24. The topological polar surface area (TPSA) is 75.5 Å². The number of aryl methyl sites for hydroxylation is 1. The van der Waals surface area contributed by atoms with Gasteiger partial charge in [-0.15, -0.1) is 0 Å². The second-order valence-electron chi connectivity index (χ2n) is 9.16. The van der Waals surface area contributed by atoms with E-state index in [1.165, 1.54) is 46.9 Å². The fourth-order valence-corrected chi connectivity index (χ4v) is 5.72. The zero-order valence-electron chi connectivity index (χ0n) is 19.8. The largest absolute Gasteiger partial charge is 0.345 e. The Bertz CT molecular complexity index is 1260. The summed E-state index contributed by atoms with van der Waals surface area (Å²) in [4.78, 5) is 18.7. The number of carbonyl (C=O) groups excluding carboxylic acids is 1. The molecule has 1 aromatic heterocycles. The summed E-state index contributed by atoms with van der Waals surface area (Å²) in [6.45, 7) is 0.134. The predicted octanol–water partition coefficient (Wildman–Crippen LogP) is 4.14. The van der Waals surface area contributed by atoms with Crippen LogP contribution in [0.1, 0.15) is 59.8 Å². The molecular weight excluding hydrogens is 436 g/mol. The number of benzene rings is 2. The molecule has 33 heavy (non-hydrogen) atoms. The molecule has 0 atom stereocenters. The number of hydrogen-bond acceptors (Lipinski definition) is 4. The van der Waals surface area contributed by atoms with E-state index in [0.717, 1.165) is 5.52 Å². The number of carbonyl (C=O) groups is 1. The van der Waals surface area contributed by atoms with Gasteiger partial charge in [0.15, 0.2) is 0 Å². The zero-order chi connectivity index (χ0) is 23.8. The van der Waals surface area contributed by atoms with Crippen LogP contribution in [0.4, 0.5) is 0 Å². The first-order valence-corrected chi connectivity index (χ1v) is 12.9. The van der Waals surface area contributed by atoms with Crippen molar-refractivity contribution < 1.29 is 13.2 Å².